The molecule has 0 atom stereocenters. The van der Waals surface area contributed by atoms with Gasteiger partial charge in [0.15, 0.2) is 0 Å². The highest BCUT2D eigenvalue weighted by atomic mass is 35.5. The van der Waals surface area contributed by atoms with E-state index in [1.165, 1.54) is 0 Å². The monoisotopic (exact) mass is 208 g/mol. The van der Waals surface area contributed by atoms with Gasteiger partial charge in [0.2, 0.25) is 0 Å². The summed E-state index contributed by atoms with van der Waals surface area (Å²) >= 11 is 10.4. The quantitative estimate of drug-likeness (QED) is 0.683. The molecule has 54 valence electrons. The molecule has 0 amide bonds. The van der Waals surface area contributed by atoms with Crippen LogP contribution in [-0.4, -0.2) is 9.79 Å². The Morgan fingerprint density at radius 1 is 1.56 bits per heavy atom. The van der Waals surface area contributed by atoms with Gasteiger partial charge in [-0.25, -0.2) is 4.57 Å². The molecule has 3 nitrogen and oxygen atoms in total. The van der Waals surface area contributed by atoms with E-state index in [-0.39, 0.29) is 15.9 Å². The van der Waals surface area contributed by atoms with Crippen molar-refractivity contribution in [1.29, 1.82) is 0 Å². The van der Waals surface area contributed by atoms with Gasteiger partial charge in [-0.2, -0.15) is 0 Å². The van der Waals surface area contributed by atoms with E-state index in [4.69, 9.17) is 33.0 Å². The van der Waals surface area contributed by atoms with Crippen LogP contribution in [0.25, 0.3) is 0 Å². The average Bonchev–Trinajstić information content (AvgIpc) is 1.59. The lowest BCUT2D eigenvalue weighted by Crippen LogP contribution is -1.63. The highest BCUT2D eigenvalue weighted by Gasteiger charge is 2.10. The minimum Gasteiger partial charge on any atom is -0.316 e. The first-order valence-electron chi connectivity index (χ1n) is 1.67. The van der Waals surface area contributed by atoms with Gasteiger partial charge in [-0.3, -0.25) is 0 Å². The molecule has 0 aliphatic heterocycles. The smallest absolute Gasteiger partial charge is 0.316 e. The fourth-order valence-electron chi connectivity index (χ4n) is 0.108. The van der Waals surface area contributed by atoms with Gasteiger partial charge in [0, 0.05) is 5.41 Å². The number of hydrogen-bond acceptors (Lipinski definition) is 2. The molecule has 0 aromatic rings. The Bertz CT molecular complexity index is 159. The Hall–Kier alpha value is 0.820. The Morgan fingerprint density at radius 3 is 2.11 bits per heavy atom. The topological polar surface area (TPSA) is 57.5 Å². The van der Waals surface area contributed by atoms with Crippen LogP contribution < -0.4 is 0 Å². The maximum atomic E-state index is 10.0. The van der Waals surface area contributed by atoms with Crippen molar-refractivity contribution >= 4 is 41.4 Å². The SMILES string of the molecule is O=P(O)(O)SC=C(Cl)Cl. The van der Waals surface area contributed by atoms with Gasteiger partial charge in [0.05, 0.1) is 0 Å². The van der Waals surface area contributed by atoms with Gasteiger partial charge in [-0.15, -0.1) is 0 Å². The summed E-state index contributed by atoms with van der Waals surface area (Å²) in [6, 6.07) is 0. The van der Waals surface area contributed by atoms with Crippen molar-refractivity contribution < 1.29 is 14.4 Å². The minimum absolute atomic E-state index is 0.164. The lowest BCUT2D eigenvalue weighted by atomic mass is 11.2. The van der Waals surface area contributed by atoms with Crippen LogP contribution in [0.5, 0.6) is 0 Å². The molecule has 0 bridgehead atoms. The number of halogens is 2. The number of hydrogen-bond donors (Lipinski definition) is 2. The highest BCUT2D eigenvalue weighted by Crippen LogP contribution is 2.51. The van der Waals surface area contributed by atoms with E-state index in [0.29, 0.717) is 0 Å². The number of rotatable bonds is 2. The van der Waals surface area contributed by atoms with Crippen molar-refractivity contribution in [3.8, 4) is 0 Å². The van der Waals surface area contributed by atoms with E-state index in [9.17, 15) is 4.57 Å². The van der Waals surface area contributed by atoms with Crippen molar-refractivity contribution in [3.05, 3.63) is 9.90 Å². The third kappa shape index (κ3) is 8.82. The van der Waals surface area contributed by atoms with Crippen molar-refractivity contribution in [1.82, 2.24) is 0 Å². The Balaban J connectivity index is 3.79. The first-order chi connectivity index (χ1) is 3.92. The Morgan fingerprint density at radius 2 is 2.00 bits per heavy atom. The molecule has 0 saturated carbocycles. The zero-order valence-corrected chi connectivity index (χ0v) is 7.21. The van der Waals surface area contributed by atoms with Crippen LogP contribution in [0.4, 0.5) is 0 Å². The largest absolute Gasteiger partial charge is 0.388 e. The van der Waals surface area contributed by atoms with Gasteiger partial charge in [-0.1, -0.05) is 23.2 Å². The Kier molecular flexibility index (Phi) is 4.21. The van der Waals surface area contributed by atoms with Gasteiger partial charge >= 0.3 is 6.80 Å². The molecule has 2 N–H and O–H groups in total. The van der Waals surface area contributed by atoms with E-state index in [0.717, 1.165) is 5.41 Å². The van der Waals surface area contributed by atoms with Crippen LogP contribution in [0, 0.1) is 0 Å². The molecule has 0 aromatic heterocycles. The van der Waals surface area contributed by atoms with Crippen LogP contribution in [0.2, 0.25) is 0 Å². The predicted octanol–water partition coefficient (Wildman–Crippen LogP) is 2.09. The fraction of sp³-hybridized carbons (Fsp3) is 0. The molecule has 0 radical (unpaired) electrons. The molecule has 0 saturated heterocycles. The first kappa shape index (κ1) is 9.82. The minimum atomic E-state index is -4.05. The summed E-state index contributed by atoms with van der Waals surface area (Å²) in [4.78, 5) is 16.4. The molecule has 0 aromatic carbocycles. The van der Waals surface area contributed by atoms with Crippen LogP contribution in [0.3, 0.4) is 0 Å². The summed E-state index contributed by atoms with van der Waals surface area (Å²) in [5.74, 6) is 0. The van der Waals surface area contributed by atoms with Crippen molar-refractivity contribution in [2.45, 2.75) is 0 Å². The van der Waals surface area contributed by atoms with Crippen molar-refractivity contribution in [3.63, 3.8) is 0 Å². The zero-order valence-electron chi connectivity index (χ0n) is 3.99. The molecule has 9 heavy (non-hydrogen) atoms. The third-order valence-corrected chi connectivity index (χ3v) is 2.51. The fourth-order valence-corrected chi connectivity index (χ4v) is 1.69. The van der Waals surface area contributed by atoms with Gasteiger partial charge in [0.1, 0.15) is 4.49 Å². The zero-order chi connectivity index (χ0) is 7.49. The first-order valence-corrected chi connectivity index (χ1v) is 5.52. The summed E-state index contributed by atoms with van der Waals surface area (Å²) in [6.45, 7) is -4.05. The van der Waals surface area contributed by atoms with Gasteiger partial charge in [-0.05, 0) is 11.4 Å². The summed E-state index contributed by atoms with van der Waals surface area (Å²) in [5.41, 5.74) is 0. The summed E-state index contributed by atoms with van der Waals surface area (Å²) in [6.07, 6.45) is 0. The standard InChI is InChI=1S/C2H3Cl2O3PS/c3-2(4)1-9-8(5,6)7/h1H,(H2,5,6,7). The molecule has 0 unspecified atom stereocenters. The maximum absolute atomic E-state index is 10.0. The molecule has 0 heterocycles. The van der Waals surface area contributed by atoms with Crippen LogP contribution in [-0.2, 0) is 4.57 Å². The van der Waals surface area contributed by atoms with Gasteiger partial charge in [0.25, 0.3) is 0 Å². The lowest BCUT2D eigenvalue weighted by molar-refractivity contribution is 0.397. The molecule has 0 rings (SSSR count). The van der Waals surface area contributed by atoms with E-state index in [1.54, 1.807) is 0 Å². The van der Waals surface area contributed by atoms with Crippen molar-refractivity contribution in [2.75, 3.05) is 0 Å². The molecule has 0 fully saturated rings. The lowest BCUT2D eigenvalue weighted by Gasteiger charge is -1.94. The second kappa shape index (κ2) is 3.86. The second-order valence-corrected chi connectivity index (χ2v) is 5.50. The molecule has 0 aliphatic carbocycles. The van der Waals surface area contributed by atoms with E-state index >= 15 is 0 Å². The van der Waals surface area contributed by atoms with Crippen LogP contribution in [0.1, 0.15) is 0 Å². The predicted molar refractivity (Wildman–Crippen MR) is 39.4 cm³/mol. The molecular formula is C2H3Cl2O3PS. The normalized spacial score (nSPS) is 11.1. The maximum Gasteiger partial charge on any atom is 0.388 e. The average molecular weight is 209 g/mol. The Labute approximate surface area is 65.9 Å². The molecular weight excluding hydrogens is 206 g/mol. The highest BCUT2D eigenvalue weighted by molar-refractivity contribution is 8.56. The van der Waals surface area contributed by atoms with Gasteiger partial charge < -0.3 is 9.79 Å². The van der Waals surface area contributed by atoms with Crippen LogP contribution >= 0.6 is 41.4 Å². The van der Waals surface area contributed by atoms with Crippen molar-refractivity contribution in [2.24, 2.45) is 0 Å². The molecule has 0 spiro atoms. The van der Waals surface area contributed by atoms with E-state index in [2.05, 4.69) is 0 Å². The second-order valence-electron chi connectivity index (χ2n) is 1.00. The molecule has 7 heteroatoms. The summed E-state index contributed by atoms with van der Waals surface area (Å²) in [7, 11) is 0. The summed E-state index contributed by atoms with van der Waals surface area (Å²) in [5, 5.41) is 0.976. The van der Waals surface area contributed by atoms with E-state index < -0.39 is 6.80 Å². The van der Waals surface area contributed by atoms with Crippen LogP contribution in [0.15, 0.2) is 9.90 Å². The summed E-state index contributed by atoms with van der Waals surface area (Å²) < 4.78 is 9.87. The van der Waals surface area contributed by atoms with E-state index in [1.807, 2.05) is 0 Å². The third-order valence-electron chi connectivity index (χ3n) is 0.279. The molecule has 0 aliphatic rings.